The molecule has 8 heteroatoms. The minimum Gasteiger partial charge on any atom is -0.369 e. The molecule has 0 unspecified atom stereocenters. The first-order chi connectivity index (χ1) is 17.6. The van der Waals surface area contributed by atoms with E-state index in [0.29, 0.717) is 17.4 Å². The Labute approximate surface area is 208 Å². The number of H-pyrrole nitrogens is 1. The minimum atomic E-state index is -0.594. The number of nitrogens with one attached hydrogen (secondary N) is 2. The summed E-state index contributed by atoms with van der Waals surface area (Å²) in [5, 5.41) is 3.32. The average Bonchev–Trinajstić information content (AvgIpc) is 2.91. The van der Waals surface area contributed by atoms with Crippen LogP contribution in [0.5, 0.6) is 0 Å². The molecule has 1 fully saturated rings. The Morgan fingerprint density at radius 1 is 0.806 bits per heavy atom. The number of aromatic nitrogens is 2. The maximum atomic E-state index is 12.8. The summed E-state index contributed by atoms with van der Waals surface area (Å²) in [5.41, 5.74) is 2.88. The van der Waals surface area contributed by atoms with Crippen molar-refractivity contribution < 1.29 is 4.79 Å². The standard InChI is InChI=1S/C28H29N5O3/c34-26(20-33-25-13-7-6-12-24(25)27(35)30-28(33)36)29-18-21-8-4-5-9-22(21)19-31-14-16-32(17-15-31)23-10-2-1-3-11-23/h1-13H,14-20H2,(H,29,34)(H,30,35,36). The topological polar surface area (TPSA) is 90.4 Å². The number of benzene rings is 3. The number of nitrogens with zero attached hydrogens (tertiary/aromatic N) is 3. The SMILES string of the molecule is O=C(Cn1c(=O)[nH]c(=O)c2ccccc21)NCc1ccccc1CN1CCN(c2ccccc2)CC1. The number of carbonyl (C=O) groups excluding carboxylic acids is 1. The Morgan fingerprint density at radius 2 is 1.47 bits per heavy atom. The summed E-state index contributed by atoms with van der Waals surface area (Å²) in [6, 6.07) is 25.4. The van der Waals surface area contributed by atoms with Crippen LogP contribution in [0.25, 0.3) is 10.9 Å². The molecule has 3 aromatic carbocycles. The fourth-order valence-corrected chi connectivity index (χ4v) is 4.72. The molecule has 5 rings (SSSR count). The highest BCUT2D eigenvalue weighted by molar-refractivity contribution is 5.81. The molecule has 1 amide bonds. The summed E-state index contributed by atoms with van der Waals surface area (Å²) in [6.45, 7) is 4.92. The number of para-hydroxylation sites is 2. The molecule has 1 aliphatic heterocycles. The van der Waals surface area contributed by atoms with Crippen LogP contribution in [0.1, 0.15) is 11.1 Å². The van der Waals surface area contributed by atoms with Crippen molar-refractivity contribution in [1.29, 1.82) is 0 Å². The number of aromatic amines is 1. The van der Waals surface area contributed by atoms with Gasteiger partial charge in [-0.15, -0.1) is 0 Å². The molecule has 0 saturated carbocycles. The molecular formula is C28H29N5O3. The van der Waals surface area contributed by atoms with Crippen LogP contribution in [0, 0.1) is 0 Å². The smallest absolute Gasteiger partial charge is 0.329 e. The van der Waals surface area contributed by atoms with E-state index in [2.05, 4.69) is 50.4 Å². The molecule has 184 valence electrons. The number of hydrogen-bond donors (Lipinski definition) is 2. The highest BCUT2D eigenvalue weighted by Gasteiger charge is 2.18. The van der Waals surface area contributed by atoms with E-state index in [9.17, 15) is 14.4 Å². The van der Waals surface area contributed by atoms with Gasteiger partial charge in [-0.3, -0.25) is 24.0 Å². The third-order valence-electron chi connectivity index (χ3n) is 6.69. The largest absolute Gasteiger partial charge is 0.369 e. The molecule has 1 aliphatic rings. The van der Waals surface area contributed by atoms with Gasteiger partial charge in [0.15, 0.2) is 0 Å². The Hall–Kier alpha value is -4.17. The van der Waals surface area contributed by atoms with E-state index in [1.807, 2.05) is 24.3 Å². The molecule has 0 bridgehead atoms. The van der Waals surface area contributed by atoms with E-state index in [1.165, 1.54) is 15.8 Å². The molecule has 0 spiro atoms. The van der Waals surface area contributed by atoms with Crippen LogP contribution in [0.4, 0.5) is 5.69 Å². The number of hydrogen-bond acceptors (Lipinski definition) is 5. The molecule has 2 heterocycles. The molecular weight excluding hydrogens is 454 g/mol. The van der Waals surface area contributed by atoms with Crippen LogP contribution in [0.3, 0.4) is 0 Å². The average molecular weight is 484 g/mol. The summed E-state index contributed by atoms with van der Waals surface area (Å²) < 4.78 is 1.30. The Bertz CT molecular complexity index is 1470. The van der Waals surface area contributed by atoms with Gasteiger partial charge in [-0.1, -0.05) is 54.6 Å². The Kier molecular flexibility index (Phi) is 6.95. The summed E-state index contributed by atoms with van der Waals surface area (Å²) in [7, 11) is 0. The number of carbonyl (C=O) groups is 1. The second-order valence-electron chi connectivity index (χ2n) is 9.01. The van der Waals surface area contributed by atoms with E-state index in [0.717, 1.165) is 38.3 Å². The predicted molar refractivity (Wildman–Crippen MR) is 141 cm³/mol. The number of amides is 1. The van der Waals surface area contributed by atoms with Crippen molar-refractivity contribution in [2.75, 3.05) is 31.1 Å². The van der Waals surface area contributed by atoms with Crippen LogP contribution in [-0.4, -0.2) is 46.5 Å². The quantitative estimate of drug-likeness (QED) is 0.421. The molecule has 0 radical (unpaired) electrons. The van der Waals surface area contributed by atoms with Gasteiger partial charge < -0.3 is 10.2 Å². The lowest BCUT2D eigenvalue weighted by Crippen LogP contribution is -2.46. The second-order valence-corrected chi connectivity index (χ2v) is 9.01. The summed E-state index contributed by atoms with van der Waals surface area (Å²) in [4.78, 5) is 44.3. The molecule has 36 heavy (non-hydrogen) atoms. The normalized spacial score (nSPS) is 14.2. The predicted octanol–water partition coefficient (Wildman–Crippen LogP) is 2.33. The molecule has 2 N–H and O–H groups in total. The van der Waals surface area contributed by atoms with Gasteiger partial charge in [-0.2, -0.15) is 0 Å². The second kappa shape index (κ2) is 10.6. The molecule has 1 saturated heterocycles. The number of fused-ring (bicyclic) bond motifs is 1. The fraction of sp³-hybridized carbons (Fsp3) is 0.250. The van der Waals surface area contributed by atoms with Crippen molar-refractivity contribution in [3.63, 3.8) is 0 Å². The molecule has 8 nitrogen and oxygen atoms in total. The third kappa shape index (κ3) is 5.23. The lowest BCUT2D eigenvalue weighted by atomic mass is 10.1. The minimum absolute atomic E-state index is 0.167. The highest BCUT2D eigenvalue weighted by atomic mass is 16.2. The van der Waals surface area contributed by atoms with Crippen LogP contribution >= 0.6 is 0 Å². The zero-order chi connectivity index (χ0) is 24.9. The first-order valence-electron chi connectivity index (χ1n) is 12.2. The van der Waals surface area contributed by atoms with Gasteiger partial charge >= 0.3 is 5.69 Å². The molecule has 4 aromatic rings. The first-order valence-corrected chi connectivity index (χ1v) is 12.2. The Morgan fingerprint density at radius 3 is 2.25 bits per heavy atom. The van der Waals surface area contributed by atoms with E-state index >= 15 is 0 Å². The van der Waals surface area contributed by atoms with Gasteiger partial charge in [0.2, 0.25) is 5.91 Å². The zero-order valence-electron chi connectivity index (χ0n) is 20.0. The van der Waals surface area contributed by atoms with Gasteiger partial charge in [0.1, 0.15) is 6.54 Å². The lowest BCUT2D eigenvalue weighted by molar-refractivity contribution is -0.121. The van der Waals surface area contributed by atoms with Crippen molar-refractivity contribution in [2.45, 2.75) is 19.6 Å². The summed E-state index contributed by atoms with van der Waals surface area (Å²) in [5.74, 6) is -0.291. The molecule has 1 aromatic heterocycles. The van der Waals surface area contributed by atoms with Crippen molar-refractivity contribution >= 4 is 22.5 Å². The number of rotatable bonds is 7. The lowest BCUT2D eigenvalue weighted by Gasteiger charge is -2.36. The van der Waals surface area contributed by atoms with Gasteiger partial charge in [-0.05, 0) is 35.4 Å². The maximum Gasteiger partial charge on any atom is 0.329 e. The maximum absolute atomic E-state index is 12.8. The van der Waals surface area contributed by atoms with Gasteiger partial charge in [0.05, 0.1) is 10.9 Å². The first kappa shape index (κ1) is 23.6. The van der Waals surface area contributed by atoms with Crippen molar-refractivity contribution in [1.82, 2.24) is 19.8 Å². The van der Waals surface area contributed by atoms with Crippen LogP contribution < -0.4 is 21.5 Å². The van der Waals surface area contributed by atoms with Crippen LogP contribution in [0.15, 0.2) is 88.5 Å². The monoisotopic (exact) mass is 483 g/mol. The number of piperazine rings is 1. The van der Waals surface area contributed by atoms with Crippen LogP contribution in [-0.2, 0) is 24.4 Å². The van der Waals surface area contributed by atoms with Gasteiger partial charge in [0, 0.05) is 45.0 Å². The summed E-state index contributed by atoms with van der Waals surface area (Å²) in [6.07, 6.45) is 0. The van der Waals surface area contributed by atoms with E-state index in [1.54, 1.807) is 24.3 Å². The third-order valence-corrected chi connectivity index (χ3v) is 6.69. The molecule has 0 atom stereocenters. The van der Waals surface area contributed by atoms with E-state index in [-0.39, 0.29) is 12.5 Å². The van der Waals surface area contributed by atoms with Crippen LogP contribution in [0.2, 0.25) is 0 Å². The summed E-state index contributed by atoms with van der Waals surface area (Å²) >= 11 is 0. The van der Waals surface area contributed by atoms with E-state index in [4.69, 9.17) is 0 Å². The van der Waals surface area contributed by atoms with Crippen molar-refractivity contribution in [2.24, 2.45) is 0 Å². The zero-order valence-corrected chi connectivity index (χ0v) is 20.0. The van der Waals surface area contributed by atoms with Crippen molar-refractivity contribution in [3.8, 4) is 0 Å². The number of anilines is 1. The van der Waals surface area contributed by atoms with Gasteiger partial charge in [-0.25, -0.2) is 4.79 Å². The highest BCUT2D eigenvalue weighted by Crippen LogP contribution is 2.18. The van der Waals surface area contributed by atoms with Gasteiger partial charge in [0.25, 0.3) is 5.56 Å². The molecule has 0 aliphatic carbocycles. The fourth-order valence-electron chi connectivity index (χ4n) is 4.72. The van der Waals surface area contributed by atoms with Crippen molar-refractivity contribution in [3.05, 3.63) is 111 Å². The Balaban J connectivity index is 1.21. The van der Waals surface area contributed by atoms with E-state index < -0.39 is 11.2 Å².